The molecule has 1 aromatic heterocycles. The molecular weight excluding hydrogens is 236 g/mol. The summed E-state index contributed by atoms with van der Waals surface area (Å²) in [5.74, 6) is -1.64. The Morgan fingerprint density at radius 1 is 1.39 bits per heavy atom. The van der Waals surface area contributed by atoms with Gasteiger partial charge in [0.25, 0.3) is 5.91 Å². The molecule has 1 aliphatic rings. The first kappa shape index (κ1) is 12.2. The largest absolute Gasteiger partial charge is 0.548 e. The minimum Gasteiger partial charge on any atom is -0.548 e. The van der Waals surface area contributed by atoms with Crippen molar-refractivity contribution in [1.82, 2.24) is 15.4 Å². The van der Waals surface area contributed by atoms with Gasteiger partial charge in [-0.25, -0.2) is 20.4 Å². The van der Waals surface area contributed by atoms with Crippen LogP contribution in [-0.4, -0.2) is 27.9 Å². The third-order valence-corrected chi connectivity index (χ3v) is 2.34. The number of carbonyl (C=O) groups is 2. The molecule has 0 fully saturated rings. The van der Waals surface area contributed by atoms with Crippen molar-refractivity contribution in [2.45, 2.75) is 19.9 Å². The lowest BCUT2D eigenvalue weighted by molar-refractivity contribution is -0.307. The first-order chi connectivity index (χ1) is 8.47. The number of nitrogens with one attached hydrogen (secondary N) is 1. The number of hydrogen-bond donors (Lipinski definition) is 1. The van der Waals surface area contributed by atoms with Crippen molar-refractivity contribution in [3.05, 3.63) is 29.6 Å². The number of carboxylic acid groups (broad SMARTS) is 1. The van der Waals surface area contributed by atoms with Gasteiger partial charge in [0.2, 0.25) is 5.95 Å². The monoisotopic (exact) mass is 247 g/mol. The zero-order valence-corrected chi connectivity index (χ0v) is 9.88. The Morgan fingerprint density at radius 2 is 2.00 bits per heavy atom. The number of carbonyl (C=O) groups excluding carboxylic acids is 2. The van der Waals surface area contributed by atoms with Crippen LogP contribution in [0, 0.1) is 13.8 Å². The molecule has 94 valence electrons. The van der Waals surface area contributed by atoms with E-state index in [-0.39, 0.29) is 5.95 Å². The molecule has 0 aromatic carbocycles. The Bertz CT molecular complexity index is 521. The topological polar surface area (TPSA) is 98.3 Å². The van der Waals surface area contributed by atoms with E-state index < -0.39 is 17.9 Å². The van der Waals surface area contributed by atoms with E-state index in [0.29, 0.717) is 11.4 Å². The third kappa shape index (κ3) is 2.35. The molecule has 1 amide bonds. The number of rotatable bonds is 2. The minimum absolute atomic E-state index is 0.119. The molecule has 0 saturated carbocycles. The molecule has 1 aromatic rings. The second-order valence-electron chi connectivity index (χ2n) is 3.91. The highest BCUT2D eigenvalue weighted by Crippen LogP contribution is 2.11. The molecular formula is C11H11N4O3-. The summed E-state index contributed by atoms with van der Waals surface area (Å²) in [6.45, 7) is 3.53. The lowest BCUT2D eigenvalue weighted by Crippen LogP contribution is -2.57. The van der Waals surface area contributed by atoms with E-state index in [4.69, 9.17) is 0 Å². The fourth-order valence-electron chi connectivity index (χ4n) is 1.59. The highest BCUT2D eigenvalue weighted by Gasteiger charge is 2.24. The highest BCUT2D eigenvalue weighted by atomic mass is 16.4. The van der Waals surface area contributed by atoms with Crippen LogP contribution in [0.2, 0.25) is 0 Å². The second-order valence-corrected chi connectivity index (χ2v) is 3.91. The Balaban J connectivity index is 2.35. The molecule has 0 unspecified atom stereocenters. The lowest BCUT2D eigenvalue weighted by Gasteiger charge is -2.29. The standard InChI is InChI=1S/C11H12N4O3/c1-6-5-7(2)13-11(12-6)15-9(16)4-3-8(14-15)10(17)18/h3-5,8,14H,1-2H3,(H,17,18)/p-1/t8-/m0/s1. The maximum atomic E-state index is 11.7. The number of aryl methyl sites for hydroxylation is 2. The van der Waals surface area contributed by atoms with Gasteiger partial charge >= 0.3 is 0 Å². The Labute approximate surface area is 103 Å². The number of nitrogens with zero attached hydrogens (tertiary/aromatic N) is 3. The third-order valence-electron chi connectivity index (χ3n) is 2.34. The van der Waals surface area contributed by atoms with Crippen LogP contribution in [0.3, 0.4) is 0 Å². The lowest BCUT2D eigenvalue weighted by atomic mass is 10.2. The first-order valence-electron chi connectivity index (χ1n) is 5.29. The van der Waals surface area contributed by atoms with Crippen molar-refractivity contribution in [2.24, 2.45) is 0 Å². The van der Waals surface area contributed by atoms with Gasteiger partial charge in [0, 0.05) is 17.5 Å². The maximum Gasteiger partial charge on any atom is 0.267 e. The van der Waals surface area contributed by atoms with E-state index in [2.05, 4.69) is 15.4 Å². The van der Waals surface area contributed by atoms with Gasteiger partial charge in [-0.15, -0.1) is 0 Å². The molecule has 0 radical (unpaired) electrons. The van der Waals surface area contributed by atoms with Gasteiger partial charge in [-0.05, 0) is 19.9 Å². The molecule has 7 heteroatoms. The Hall–Kier alpha value is -2.28. The number of carboxylic acids is 1. The van der Waals surface area contributed by atoms with E-state index in [1.807, 2.05) is 0 Å². The van der Waals surface area contributed by atoms with Gasteiger partial charge in [-0.2, -0.15) is 0 Å². The van der Waals surface area contributed by atoms with Crippen molar-refractivity contribution < 1.29 is 14.7 Å². The van der Waals surface area contributed by atoms with Crippen molar-refractivity contribution >= 4 is 17.8 Å². The summed E-state index contributed by atoms with van der Waals surface area (Å²) in [5.41, 5.74) is 3.86. The van der Waals surface area contributed by atoms with Crippen molar-refractivity contribution in [1.29, 1.82) is 0 Å². The fraction of sp³-hybridized carbons (Fsp3) is 0.273. The van der Waals surface area contributed by atoms with Crippen LogP contribution in [0.4, 0.5) is 5.95 Å². The summed E-state index contributed by atoms with van der Waals surface area (Å²) < 4.78 is 0. The zero-order chi connectivity index (χ0) is 13.3. The molecule has 0 bridgehead atoms. The molecule has 2 rings (SSSR count). The molecule has 7 nitrogen and oxygen atoms in total. The van der Waals surface area contributed by atoms with Gasteiger partial charge in [0.05, 0.1) is 12.0 Å². The summed E-state index contributed by atoms with van der Waals surface area (Å²) in [6.07, 6.45) is 2.37. The predicted octanol–water partition coefficient (Wildman–Crippen LogP) is -1.38. The van der Waals surface area contributed by atoms with Crippen LogP contribution in [0.5, 0.6) is 0 Å². The van der Waals surface area contributed by atoms with Crippen LogP contribution >= 0.6 is 0 Å². The molecule has 2 heterocycles. The van der Waals surface area contributed by atoms with Crippen molar-refractivity contribution in [3.8, 4) is 0 Å². The molecule has 0 aliphatic carbocycles. The first-order valence-corrected chi connectivity index (χ1v) is 5.29. The summed E-state index contributed by atoms with van der Waals surface area (Å²) in [6, 6.07) is 0.677. The number of hydrogen-bond acceptors (Lipinski definition) is 6. The molecule has 1 atom stereocenters. The van der Waals surface area contributed by atoms with Crippen molar-refractivity contribution in [2.75, 3.05) is 5.01 Å². The second kappa shape index (κ2) is 4.53. The van der Waals surface area contributed by atoms with Gasteiger partial charge < -0.3 is 9.90 Å². The summed E-state index contributed by atoms with van der Waals surface area (Å²) in [5, 5.41) is 11.8. The summed E-state index contributed by atoms with van der Waals surface area (Å²) in [7, 11) is 0. The fourth-order valence-corrected chi connectivity index (χ4v) is 1.59. The van der Waals surface area contributed by atoms with Crippen LogP contribution in [0.15, 0.2) is 18.2 Å². The number of aliphatic carboxylic acids is 1. The highest BCUT2D eigenvalue weighted by molar-refractivity contribution is 6.01. The Kier molecular flexibility index (Phi) is 3.07. The molecule has 0 saturated heterocycles. The van der Waals surface area contributed by atoms with Gasteiger partial charge in [-0.1, -0.05) is 6.08 Å². The van der Waals surface area contributed by atoms with E-state index >= 15 is 0 Å². The minimum atomic E-state index is -1.33. The number of hydrazine groups is 1. The molecule has 1 aliphatic heterocycles. The molecule has 18 heavy (non-hydrogen) atoms. The molecule has 1 N–H and O–H groups in total. The smallest absolute Gasteiger partial charge is 0.267 e. The number of aromatic nitrogens is 2. The summed E-state index contributed by atoms with van der Waals surface area (Å²) in [4.78, 5) is 30.6. The number of amides is 1. The van der Waals surface area contributed by atoms with E-state index in [9.17, 15) is 14.7 Å². The normalized spacial score (nSPS) is 19.1. The van der Waals surface area contributed by atoms with Crippen molar-refractivity contribution in [3.63, 3.8) is 0 Å². The van der Waals surface area contributed by atoms with Gasteiger partial charge in [0.1, 0.15) is 0 Å². The van der Waals surface area contributed by atoms with Crippen LogP contribution < -0.4 is 15.5 Å². The van der Waals surface area contributed by atoms with Gasteiger partial charge in [0.15, 0.2) is 0 Å². The van der Waals surface area contributed by atoms with E-state index in [1.54, 1.807) is 19.9 Å². The predicted molar refractivity (Wildman–Crippen MR) is 60.1 cm³/mol. The zero-order valence-electron chi connectivity index (χ0n) is 9.88. The average Bonchev–Trinajstić information content (AvgIpc) is 2.27. The Morgan fingerprint density at radius 3 is 2.56 bits per heavy atom. The summed E-state index contributed by atoms with van der Waals surface area (Å²) >= 11 is 0. The average molecular weight is 247 g/mol. The maximum absolute atomic E-state index is 11.7. The molecule has 0 spiro atoms. The van der Waals surface area contributed by atoms with Crippen LogP contribution in [0.1, 0.15) is 11.4 Å². The van der Waals surface area contributed by atoms with Crippen LogP contribution in [-0.2, 0) is 9.59 Å². The SMILES string of the molecule is Cc1cc(C)nc(N2N[C@H](C(=O)[O-])C=CC2=O)n1. The van der Waals surface area contributed by atoms with Gasteiger partial charge in [-0.3, -0.25) is 4.79 Å². The number of anilines is 1. The quantitative estimate of drug-likeness (QED) is 0.691. The van der Waals surface area contributed by atoms with E-state index in [0.717, 1.165) is 11.1 Å². The van der Waals surface area contributed by atoms with Crippen LogP contribution in [0.25, 0.3) is 0 Å². The van der Waals surface area contributed by atoms with E-state index in [1.165, 1.54) is 6.08 Å².